The zero-order valence-electron chi connectivity index (χ0n) is 15.2. The number of nitrogens with zero attached hydrogens (tertiary/aromatic N) is 3. The Labute approximate surface area is 149 Å². The lowest BCUT2D eigenvalue weighted by molar-refractivity contribution is -0.0648. The van der Waals surface area contributed by atoms with Crippen molar-refractivity contribution in [1.29, 1.82) is 0 Å². The summed E-state index contributed by atoms with van der Waals surface area (Å²) in [5.74, 6) is 1.70. The van der Waals surface area contributed by atoms with E-state index in [0.717, 1.165) is 49.4 Å². The van der Waals surface area contributed by atoms with E-state index in [2.05, 4.69) is 46.1 Å². The lowest BCUT2D eigenvalue weighted by Crippen LogP contribution is -2.42. The largest absolute Gasteiger partial charge is 0.385 e. The highest BCUT2D eigenvalue weighted by atomic mass is 16.3. The van der Waals surface area contributed by atoms with Gasteiger partial charge in [-0.3, -0.25) is 4.90 Å². The fourth-order valence-electron chi connectivity index (χ4n) is 4.70. The molecule has 1 N–H and O–H groups in total. The number of aromatic nitrogens is 2. The number of aryl methyl sites for hydroxylation is 2. The molecule has 2 aromatic rings. The number of hydrogen-bond acceptors (Lipinski definition) is 4. The van der Waals surface area contributed by atoms with Crippen LogP contribution in [0.15, 0.2) is 36.7 Å². The molecule has 0 unspecified atom stereocenters. The van der Waals surface area contributed by atoms with Crippen LogP contribution in [0.2, 0.25) is 0 Å². The summed E-state index contributed by atoms with van der Waals surface area (Å²) in [4.78, 5) is 11.1. The number of rotatable bonds is 3. The van der Waals surface area contributed by atoms with Crippen LogP contribution in [0.4, 0.5) is 0 Å². The van der Waals surface area contributed by atoms with Crippen LogP contribution in [-0.4, -0.2) is 33.1 Å². The molecule has 0 radical (unpaired) electrons. The lowest BCUT2D eigenvalue weighted by Gasteiger charge is -2.41. The average molecular weight is 337 g/mol. The summed E-state index contributed by atoms with van der Waals surface area (Å²) in [6.45, 7) is 6.89. The maximum atomic E-state index is 11.6. The monoisotopic (exact) mass is 337 g/mol. The zero-order chi connectivity index (χ0) is 17.4. The van der Waals surface area contributed by atoms with Gasteiger partial charge in [-0.1, -0.05) is 29.8 Å². The molecule has 1 aromatic heterocycles. The molecule has 1 aliphatic carbocycles. The Morgan fingerprint density at radius 3 is 2.56 bits per heavy atom. The third-order valence-electron chi connectivity index (χ3n) is 6.05. The van der Waals surface area contributed by atoms with Crippen molar-refractivity contribution in [2.45, 2.75) is 45.3 Å². The van der Waals surface area contributed by atoms with Crippen molar-refractivity contribution in [3.05, 3.63) is 59.2 Å². The van der Waals surface area contributed by atoms with Gasteiger partial charge in [-0.25, -0.2) is 9.97 Å². The van der Waals surface area contributed by atoms with Gasteiger partial charge in [0, 0.05) is 43.5 Å². The van der Waals surface area contributed by atoms with Crippen molar-refractivity contribution in [3.8, 4) is 0 Å². The molecular weight excluding hydrogens is 310 g/mol. The highest BCUT2D eigenvalue weighted by molar-refractivity contribution is 5.28. The van der Waals surface area contributed by atoms with Gasteiger partial charge in [-0.05, 0) is 44.6 Å². The number of hydrogen-bond donors (Lipinski definition) is 1. The van der Waals surface area contributed by atoms with E-state index in [9.17, 15) is 5.11 Å². The van der Waals surface area contributed by atoms with Crippen molar-refractivity contribution in [2.75, 3.05) is 13.1 Å². The van der Waals surface area contributed by atoms with Crippen LogP contribution in [0.3, 0.4) is 0 Å². The van der Waals surface area contributed by atoms with E-state index < -0.39 is 5.60 Å². The van der Waals surface area contributed by atoms with E-state index >= 15 is 0 Å². The molecule has 2 fully saturated rings. The maximum Gasteiger partial charge on any atom is 0.125 e. The Morgan fingerprint density at radius 2 is 1.84 bits per heavy atom. The molecule has 1 saturated carbocycles. The minimum absolute atomic E-state index is 0.315. The van der Waals surface area contributed by atoms with Gasteiger partial charge in [0.25, 0.3) is 0 Å². The number of fused-ring (bicyclic) bond motifs is 1. The van der Waals surface area contributed by atoms with Crippen LogP contribution < -0.4 is 0 Å². The first kappa shape index (κ1) is 16.7. The number of aliphatic hydroxyl groups is 1. The van der Waals surface area contributed by atoms with E-state index in [1.165, 1.54) is 12.0 Å². The van der Waals surface area contributed by atoms with E-state index in [1.807, 2.05) is 19.3 Å². The lowest BCUT2D eigenvalue weighted by atomic mass is 9.67. The Balaban J connectivity index is 1.53. The highest BCUT2D eigenvalue weighted by Gasteiger charge is 2.49. The molecule has 132 valence electrons. The Kier molecular flexibility index (Phi) is 4.34. The maximum absolute atomic E-state index is 11.6. The fourth-order valence-corrected chi connectivity index (χ4v) is 4.70. The van der Waals surface area contributed by atoms with Crippen molar-refractivity contribution in [3.63, 3.8) is 0 Å². The van der Waals surface area contributed by atoms with Gasteiger partial charge < -0.3 is 5.11 Å². The molecule has 0 spiro atoms. The topological polar surface area (TPSA) is 49.2 Å². The van der Waals surface area contributed by atoms with E-state index in [1.54, 1.807) is 0 Å². The summed E-state index contributed by atoms with van der Waals surface area (Å²) in [6, 6.07) is 8.48. The smallest absolute Gasteiger partial charge is 0.125 e. The third kappa shape index (κ3) is 3.21. The second-order valence-corrected chi connectivity index (χ2v) is 7.88. The van der Waals surface area contributed by atoms with Crippen LogP contribution in [0, 0.1) is 25.7 Å². The number of benzene rings is 1. The van der Waals surface area contributed by atoms with Gasteiger partial charge in [-0.15, -0.1) is 0 Å². The summed E-state index contributed by atoms with van der Waals surface area (Å²) >= 11 is 0. The molecule has 2 aliphatic rings. The molecule has 4 nitrogen and oxygen atoms in total. The summed E-state index contributed by atoms with van der Waals surface area (Å²) < 4.78 is 0. The standard InChI is InChI=1S/C21H27N3O/c1-15-5-7-19(8-6-15)21(25)9-3-4-18-13-24(14-20(18)21)12-17-10-22-16(2)23-11-17/h5-8,10-11,18,20,25H,3-4,9,12-14H2,1-2H3/t18-,20+,21-/m1/s1. The van der Waals surface area contributed by atoms with E-state index in [0.29, 0.717) is 11.8 Å². The summed E-state index contributed by atoms with van der Waals surface area (Å²) in [5, 5.41) is 11.6. The molecule has 1 aromatic carbocycles. The van der Waals surface area contributed by atoms with Crippen molar-refractivity contribution < 1.29 is 5.11 Å². The first-order chi connectivity index (χ1) is 12.0. The van der Waals surface area contributed by atoms with Crippen LogP contribution >= 0.6 is 0 Å². The van der Waals surface area contributed by atoms with Crippen LogP contribution in [-0.2, 0) is 12.1 Å². The van der Waals surface area contributed by atoms with Gasteiger partial charge in [0.05, 0.1) is 5.60 Å². The SMILES string of the molecule is Cc1ccc([C@]2(O)CCC[C@@H]3CN(Cc4cnc(C)nc4)C[C@@H]32)cc1. The summed E-state index contributed by atoms with van der Waals surface area (Å²) in [5.41, 5.74) is 2.80. The van der Waals surface area contributed by atoms with Gasteiger partial charge in [-0.2, -0.15) is 0 Å². The van der Waals surface area contributed by atoms with Crippen molar-refractivity contribution in [1.82, 2.24) is 14.9 Å². The fraction of sp³-hybridized carbons (Fsp3) is 0.524. The van der Waals surface area contributed by atoms with E-state index in [-0.39, 0.29) is 0 Å². The van der Waals surface area contributed by atoms with Gasteiger partial charge >= 0.3 is 0 Å². The van der Waals surface area contributed by atoms with Gasteiger partial charge in [0.2, 0.25) is 0 Å². The van der Waals surface area contributed by atoms with Crippen molar-refractivity contribution >= 4 is 0 Å². The number of likely N-dealkylation sites (tertiary alicyclic amines) is 1. The first-order valence-electron chi connectivity index (χ1n) is 9.34. The Hall–Kier alpha value is -1.78. The molecule has 4 rings (SSSR count). The molecule has 2 heterocycles. The molecule has 4 heteroatoms. The predicted molar refractivity (Wildman–Crippen MR) is 98.0 cm³/mol. The third-order valence-corrected chi connectivity index (χ3v) is 6.05. The molecule has 0 amide bonds. The Bertz CT molecular complexity index is 728. The normalized spacial score (nSPS) is 29.6. The van der Waals surface area contributed by atoms with Crippen LogP contribution in [0.5, 0.6) is 0 Å². The van der Waals surface area contributed by atoms with E-state index in [4.69, 9.17) is 0 Å². The second-order valence-electron chi connectivity index (χ2n) is 7.88. The minimum atomic E-state index is -0.685. The molecule has 3 atom stereocenters. The molecule has 25 heavy (non-hydrogen) atoms. The summed E-state index contributed by atoms with van der Waals surface area (Å²) in [6.07, 6.45) is 7.05. The van der Waals surface area contributed by atoms with Gasteiger partial charge in [0.15, 0.2) is 0 Å². The second kappa shape index (κ2) is 6.50. The minimum Gasteiger partial charge on any atom is -0.385 e. The van der Waals surface area contributed by atoms with Gasteiger partial charge in [0.1, 0.15) is 5.82 Å². The zero-order valence-corrected chi connectivity index (χ0v) is 15.2. The summed E-state index contributed by atoms with van der Waals surface area (Å²) in [7, 11) is 0. The Morgan fingerprint density at radius 1 is 1.12 bits per heavy atom. The van der Waals surface area contributed by atoms with Crippen LogP contribution in [0.1, 0.15) is 41.8 Å². The predicted octanol–water partition coefficient (Wildman–Crippen LogP) is 3.21. The van der Waals surface area contributed by atoms with Crippen LogP contribution in [0.25, 0.3) is 0 Å². The average Bonchev–Trinajstić information content (AvgIpc) is 3.02. The molecular formula is C21H27N3O. The molecule has 1 aliphatic heterocycles. The quantitative estimate of drug-likeness (QED) is 0.934. The van der Waals surface area contributed by atoms with Crippen molar-refractivity contribution in [2.24, 2.45) is 11.8 Å². The molecule has 1 saturated heterocycles. The first-order valence-corrected chi connectivity index (χ1v) is 9.34. The highest BCUT2D eigenvalue weighted by Crippen LogP contribution is 2.48. The molecule has 0 bridgehead atoms.